The van der Waals surface area contributed by atoms with Crippen molar-refractivity contribution in [2.45, 2.75) is 32.1 Å². The topological polar surface area (TPSA) is 54.4 Å². The van der Waals surface area contributed by atoms with Crippen molar-refractivity contribution in [1.29, 1.82) is 0 Å². The average Bonchev–Trinajstić information content (AvgIpc) is 2.41. The Morgan fingerprint density at radius 3 is 2.71 bits per heavy atom. The molecule has 1 aliphatic rings. The molecule has 0 aliphatic heterocycles. The van der Waals surface area contributed by atoms with Crippen molar-refractivity contribution in [3.05, 3.63) is 30.1 Å². The largest absolute Gasteiger partial charge is 0.271 e. The molecule has 1 aromatic heterocycles. The molecule has 0 radical (unpaired) electrons. The van der Waals surface area contributed by atoms with Crippen LogP contribution in [0.15, 0.2) is 29.6 Å². The van der Waals surface area contributed by atoms with E-state index in [2.05, 4.69) is 15.5 Å². The SMILES string of the molecule is O=C(N/N=C\C1CCCCC1)c1ccncc1. The second-order valence-corrected chi connectivity index (χ2v) is 4.35. The van der Waals surface area contributed by atoms with E-state index < -0.39 is 0 Å². The zero-order valence-corrected chi connectivity index (χ0v) is 9.80. The summed E-state index contributed by atoms with van der Waals surface area (Å²) in [5.74, 6) is 0.348. The Kier molecular flexibility index (Phi) is 4.24. The van der Waals surface area contributed by atoms with Crippen LogP contribution in [-0.2, 0) is 0 Å². The lowest BCUT2D eigenvalue weighted by Crippen LogP contribution is -2.19. The molecule has 0 atom stereocenters. The number of carbonyl (C=O) groups is 1. The summed E-state index contributed by atoms with van der Waals surface area (Å²) in [6.45, 7) is 0. The fourth-order valence-corrected chi connectivity index (χ4v) is 2.05. The smallest absolute Gasteiger partial charge is 0.267 e. The molecule has 2 rings (SSSR count). The van der Waals surface area contributed by atoms with E-state index in [0.29, 0.717) is 11.5 Å². The lowest BCUT2D eigenvalue weighted by Gasteiger charge is -2.16. The molecule has 0 saturated heterocycles. The molecule has 0 unspecified atom stereocenters. The Balaban J connectivity index is 1.81. The Morgan fingerprint density at radius 2 is 2.00 bits per heavy atom. The van der Waals surface area contributed by atoms with E-state index in [0.717, 1.165) is 0 Å². The molecule has 1 aliphatic carbocycles. The lowest BCUT2D eigenvalue weighted by molar-refractivity contribution is 0.0954. The maximum Gasteiger partial charge on any atom is 0.271 e. The normalized spacial score (nSPS) is 17.2. The number of amides is 1. The summed E-state index contributed by atoms with van der Waals surface area (Å²) in [6, 6.07) is 3.34. The summed E-state index contributed by atoms with van der Waals surface area (Å²) >= 11 is 0. The van der Waals surface area contributed by atoms with Gasteiger partial charge in [0, 0.05) is 24.2 Å². The first kappa shape index (κ1) is 11.8. The number of nitrogens with one attached hydrogen (secondary N) is 1. The van der Waals surface area contributed by atoms with Crippen molar-refractivity contribution < 1.29 is 4.79 Å². The molecule has 1 saturated carbocycles. The quantitative estimate of drug-likeness (QED) is 0.641. The highest BCUT2D eigenvalue weighted by molar-refractivity contribution is 5.94. The van der Waals surface area contributed by atoms with Gasteiger partial charge in [0.1, 0.15) is 0 Å². The Hall–Kier alpha value is -1.71. The molecule has 1 heterocycles. The van der Waals surface area contributed by atoms with Crippen LogP contribution in [0.2, 0.25) is 0 Å². The van der Waals surface area contributed by atoms with Gasteiger partial charge in [-0.15, -0.1) is 0 Å². The molecule has 4 nitrogen and oxygen atoms in total. The van der Waals surface area contributed by atoms with Crippen molar-refractivity contribution in [2.75, 3.05) is 0 Å². The number of hydrazone groups is 1. The average molecular weight is 231 g/mol. The van der Waals surface area contributed by atoms with Crippen LogP contribution >= 0.6 is 0 Å². The summed E-state index contributed by atoms with van der Waals surface area (Å²) < 4.78 is 0. The Labute approximate surface area is 101 Å². The number of aromatic nitrogens is 1. The standard InChI is InChI=1S/C13H17N3O/c17-13(12-6-8-14-9-7-12)16-15-10-11-4-2-1-3-5-11/h6-11H,1-5H2,(H,16,17)/b15-10-. The van der Waals surface area contributed by atoms with Gasteiger partial charge >= 0.3 is 0 Å². The van der Waals surface area contributed by atoms with E-state index in [1.165, 1.54) is 32.1 Å². The van der Waals surface area contributed by atoms with Gasteiger partial charge in [-0.2, -0.15) is 5.10 Å². The number of pyridine rings is 1. The van der Waals surface area contributed by atoms with Crippen LogP contribution in [0.25, 0.3) is 0 Å². The molecule has 0 aromatic carbocycles. The zero-order valence-electron chi connectivity index (χ0n) is 9.80. The first-order valence-corrected chi connectivity index (χ1v) is 6.10. The highest BCUT2D eigenvalue weighted by Crippen LogP contribution is 2.21. The van der Waals surface area contributed by atoms with Gasteiger partial charge < -0.3 is 0 Å². The van der Waals surface area contributed by atoms with Crippen LogP contribution in [0.1, 0.15) is 42.5 Å². The number of rotatable bonds is 3. The maximum absolute atomic E-state index is 11.6. The number of hydrogen-bond acceptors (Lipinski definition) is 3. The fourth-order valence-electron chi connectivity index (χ4n) is 2.05. The molecule has 17 heavy (non-hydrogen) atoms. The minimum Gasteiger partial charge on any atom is -0.267 e. The first-order chi connectivity index (χ1) is 8.36. The lowest BCUT2D eigenvalue weighted by atomic mass is 9.90. The highest BCUT2D eigenvalue weighted by atomic mass is 16.2. The molecule has 4 heteroatoms. The third kappa shape index (κ3) is 3.66. The van der Waals surface area contributed by atoms with Crippen LogP contribution in [0.3, 0.4) is 0 Å². The van der Waals surface area contributed by atoms with E-state index in [1.54, 1.807) is 24.5 Å². The number of carbonyl (C=O) groups excluding carboxylic acids is 1. The van der Waals surface area contributed by atoms with Crippen LogP contribution in [0, 0.1) is 5.92 Å². The van der Waals surface area contributed by atoms with Crippen molar-refractivity contribution in [2.24, 2.45) is 11.0 Å². The fraction of sp³-hybridized carbons (Fsp3) is 0.462. The molecule has 1 amide bonds. The highest BCUT2D eigenvalue weighted by Gasteiger charge is 2.10. The van der Waals surface area contributed by atoms with Gasteiger partial charge in [-0.1, -0.05) is 19.3 Å². The van der Waals surface area contributed by atoms with Gasteiger partial charge in [-0.05, 0) is 30.9 Å². The van der Waals surface area contributed by atoms with Crippen molar-refractivity contribution in [3.63, 3.8) is 0 Å². The summed E-state index contributed by atoms with van der Waals surface area (Å²) in [5.41, 5.74) is 3.13. The monoisotopic (exact) mass is 231 g/mol. The van der Waals surface area contributed by atoms with Crippen LogP contribution in [0.5, 0.6) is 0 Å². The molecule has 1 aromatic rings. The minimum atomic E-state index is -0.181. The molecule has 0 bridgehead atoms. The van der Waals surface area contributed by atoms with E-state index in [4.69, 9.17) is 0 Å². The maximum atomic E-state index is 11.6. The van der Waals surface area contributed by atoms with Crippen molar-refractivity contribution in [1.82, 2.24) is 10.4 Å². The molecule has 90 valence electrons. The molecule has 0 spiro atoms. The van der Waals surface area contributed by atoms with Crippen LogP contribution in [0.4, 0.5) is 0 Å². The van der Waals surface area contributed by atoms with E-state index >= 15 is 0 Å². The summed E-state index contributed by atoms with van der Waals surface area (Å²) in [4.78, 5) is 15.5. The van der Waals surface area contributed by atoms with Gasteiger partial charge in [-0.25, -0.2) is 5.43 Å². The Bertz CT molecular complexity index is 383. The first-order valence-electron chi connectivity index (χ1n) is 6.10. The Morgan fingerprint density at radius 1 is 1.29 bits per heavy atom. The number of nitrogens with zero attached hydrogens (tertiary/aromatic N) is 2. The van der Waals surface area contributed by atoms with Crippen LogP contribution in [-0.4, -0.2) is 17.1 Å². The van der Waals surface area contributed by atoms with Crippen molar-refractivity contribution in [3.8, 4) is 0 Å². The molecule has 1 N–H and O–H groups in total. The number of hydrogen-bond donors (Lipinski definition) is 1. The third-order valence-corrected chi connectivity index (χ3v) is 3.04. The van der Waals surface area contributed by atoms with Gasteiger partial charge in [0.2, 0.25) is 0 Å². The van der Waals surface area contributed by atoms with E-state index in [9.17, 15) is 4.79 Å². The second kappa shape index (κ2) is 6.13. The predicted octanol–water partition coefficient (Wildman–Crippen LogP) is 2.38. The van der Waals surface area contributed by atoms with Gasteiger partial charge in [-0.3, -0.25) is 9.78 Å². The summed E-state index contributed by atoms with van der Waals surface area (Å²) in [7, 11) is 0. The van der Waals surface area contributed by atoms with E-state index in [-0.39, 0.29) is 5.91 Å². The summed E-state index contributed by atoms with van der Waals surface area (Å²) in [5, 5.41) is 4.03. The van der Waals surface area contributed by atoms with Gasteiger partial charge in [0.05, 0.1) is 0 Å². The molecule has 1 fully saturated rings. The predicted molar refractivity (Wildman–Crippen MR) is 66.8 cm³/mol. The van der Waals surface area contributed by atoms with E-state index in [1.807, 2.05) is 6.21 Å². The van der Waals surface area contributed by atoms with Crippen LogP contribution < -0.4 is 5.43 Å². The second-order valence-electron chi connectivity index (χ2n) is 4.35. The zero-order chi connectivity index (χ0) is 11.9. The van der Waals surface area contributed by atoms with Crippen molar-refractivity contribution >= 4 is 12.1 Å². The summed E-state index contributed by atoms with van der Waals surface area (Å²) in [6.07, 6.45) is 11.3. The third-order valence-electron chi connectivity index (χ3n) is 3.04. The van der Waals surface area contributed by atoms with Gasteiger partial charge in [0.15, 0.2) is 0 Å². The minimum absolute atomic E-state index is 0.181. The van der Waals surface area contributed by atoms with Gasteiger partial charge in [0.25, 0.3) is 5.91 Å². The molecular formula is C13H17N3O. The molecular weight excluding hydrogens is 214 g/mol.